The van der Waals surface area contributed by atoms with E-state index in [0.717, 1.165) is 28.1 Å². The number of carbonyl (C=O) groups excluding carboxylic acids is 2. The van der Waals surface area contributed by atoms with E-state index < -0.39 is 0 Å². The van der Waals surface area contributed by atoms with E-state index in [9.17, 15) is 9.59 Å². The van der Waals surface area contributed by atoms with Gasteiger partial charge in [-0.2, -0.15) is 0 Å². The van der Waals surface area contributed by atoms with E-state index in [2.05, 4.69) is 20.6 Å². The number of nitrogens with zero attached hydrogens (tertiary/aromatic N) is 1. The molecule has 0 aliphatic carbocycles. The molecule has 0 radical (unpaired) electrons. The van der Waals surface area contributed by atoms with E-state index in [1.54, 1.807) is 12.1 Å². The highest BCUT2D eigenvalue weighted by atomic mass is 16.3. The zero-order chi connectivity index (χ0) is 20.1. The maximum absolute atomic E-state index is 12.1. The minimum absolute atomic E-state index is 0.103. The molecule has 2 amide bonds. The second-order valence-corrected chi connectivity index (χ2v) is 6.56. The quantitative estimate of drug-likeness (QED) is 0.417. The number of hydrogen-bond acceptors (Lipinski definition) is 4. The van der Waals surface area contributed by atoms with Gasteiger partial charge in [-0.05, 0) is 55.0 Å². The van der Waals surface area contributed by atoms with Crippen molar-refractivity contribution < 1.29 is 14.0 Å². The number of H-pyrrole nitrogens is 1. The molecule has 2 aromatic carbocycles. The second-order valence-electron chi connectivity index (χ2n) is 6.56. The van der Waals surface area contributed by atoms with Crippen LogP contribution in [0.5, 0.6) is 0 Å². The van der Waals surface area contributed by atoms with E-state index in [0.29, 0.717) is 19.4 Å². The van der Waals surface area contributed by atoms with Gasteiger partial charge in [0.05, 0.1) is 17.3 Å². The van der Waals surface area contributed by atoms with Crippen LogP contribution >= 0.6 is 0 Å². The number of benzene rings is 2. The first-order valence-corrected chi connectivity index (χ1v) is 9.36. The Morgan fingerprint density at radius 3 is 2.59 bits per heavy atom. The standard InChI is InChI=1S/C22H20N4O3/c27-20(8-3-13-23-22(28)19-7-4-14-29-19)24-16-11-9-15(10-12-16)21-25-17-5-1-2-6-18(17)26-21/h1-2,4-7,9-12,14H,3,8,13H2,(H,23,28)(H,24,27)(H,25,26). The second kappa shape index (κ2) is 8.43. The van der Waals surface area contributed by atoms with Gasteiger partial charge in [0.15, 0.2) is 5.76 Å². The normalized spacial score (nSPS) is 10.8. The molecule has 0 atom stereocenters. The van der Waals surface area contributed by atoms with Gasteiger partial charge < -0.3 is 20.0 Å². The van der Waals surface area contributed by atoms with Crippen molar-refractivity contribution in [3.63, 3.8) is 0 Å². The van der Waals surface area contributed by atoms with Crippen LogP contribution in [0.3, 0.4) is 0 Å². The molecular formula is C22H20N4O3. The first-order chi connectivity index (χ1) is 14.2. The number of amides is 2. The molecule has 29 heavy (non-hydrogen) atoms. The molecule has 0 saturated carbocycles. The number of anilines is 1. The minimum atomic E-state index is -0.281. The van der Waals surface area contributed by atoms with Crippen LogP contribution in [-0.2, 0) is 4.79 Å². The molecule has 2 heterocycles. The maximum Gasteiger partial charge on any atom is 0.286 e. The van der Waals surface area contributed by atoms with Crippen molar-refractivity contribution in [3.05, 3.63) is 72.7 Å². The van der Waals surface area contributed by atoms with Gasteiger partial charge >= 0.3 is 0 Å². The van der Waals surface area contributed by atoms with Gasteiger partial charge in [-0.3, -0.25) is 9.59 Å². The summed E-state index contributed by atoms with van der Waals surface area (Å²) in [5.41, 5.74) is 3.56. The molecule has 0 fully saturated rings. The average Bonchev–Trinajstić information content (AvgIpc) is 3.41. The third-order valence-corrected chi connectivity index (χ3v) is 4.44. The molecule has 0 saturated heterocycles. The fourth-order valence-corrected chi connectivity index (χ4v) is 2.97. The highest BCUT2D eigenvalue weighted by molar-refractivity contribution is 5.92. The van der Waals surface area contributed by atoms with E-state index in [-0.39, 0.29) is 17.6 Å². The highest BCUT2D eigenvalue weighted by Crippen LogP contribution is 2.22. The number of imidazole rings is 1. The Labute approximate surface area is 167 Å². The van der Waals surface area contributed by atoms with Crippen LogP contribution < -0.4 is 10.6 Å². The van der Waals surface area contributed by atoms with Crippen molar-refractivity contribution in [1.29, 1.82) is 0 Å². The summed E-state index contributed by atoms with van der Waals surface area (Å²) in [4.78, 5) is 31.7. The van der Waals surface area contributed by atoms with Crippen molar-refractivity contribution in [1.82, 2.24) is 15.3 Å². The number of para-hydroxylation sites is 2. The van der Waals surface area contributed by atoms with E-state index in [1.807, 2.05) is 48.5 Å². The lowest BCUT2D eigenvalue weighted by atomic mass is 10.2. The number of rotatable bonds is 7. The summed E-state index contributed by atoms with van der Waals surface area (Å²) in [5.74, 6) is 0.667. The predicted molar refractivity (Wildman–Crippen MR) is 110 cm³/mol. The monoisotopic (exact) mass is 388 g/mol. The van der Waals surface area contributed by atoms with Gasteiger partial charge in [0.25, 0.3) is 5.91 Å². The molecule has 0 aliphatic rings. The molecule has 3 N–H and O–H groups in total. The summed E-state index contributed by atoms with van der Waals surface area (Å²) in [6.07, 6.45) is 2.29. The smallest absolute Gasteiger partial charge is 0.286 e. The Bertz CT molecular complexity index is 1080. The van der Waals surface area contributed by atoms with Gasteiger partial charge in [0.1, 0.15) is 5.82 Å². The van der Waals surface area contributed by atoms with Crippen LogP contribution in [0.1, 0.15) is 23.4 Å². The molecule has 4 aromatic rings. The predicted octanol–water partition coefficient (Wildman–Crippen LogP) is 3.97. The molecule has 7 heteroatoms. The number of nitrogens with one attached hydrogen (secondary N) is 3. The van der Waals surface area contributed by atoms with Crippen molar-refractivity contribution in [2.75, 3.05) is 11.9 Å². The van der Waals surface area contributed by atoms with E-state index in [4.69, 9.17) is 4.42 Å². The molecule has 4 rings (SSSR count). The number of aromatic nitrogens is 2. The van der Waals surface area contributed by atoms with Crippen LogP contribution in [0.25, 0.3) is 22.4 Å². The van der Waals surface area contributed by atoms with Crippen molar-refractivity contribution in [3.8, 4) is 11.4 Å². The van der Waals surface area contributed by atoms with Crippen LogP contribution in [-0.4, -0.2) is 28.3 Å². The van der Waals surface area contributed by atoms with Crippen molar-refractivity contribution >= 4 is 28.5 Å². The summed E-state index contributed by atoms with van der Waals surface area (Å²) in [7, 11) is 0. The van der Waals surface area contributed by atoms with E-state index in [1.165, 1.54) is 6.26 Å². The SMILES string of the molecule is O=C(CCCNC(=O)c1ccco1)Nc1ccc(-c2nc3ccccc3[nH]2)cc1. The van der Waals surface area contributed by atoms with Crippen LogP contribution in [0.2, 0.25) is 0 Å². The Kier molecular flexibility index (Phi) is 5.38. The molecule has 0 spiro atoms. The lowest BCUT2D eigenvalue weighted by Gasteiger charge is -2.06. The van der Waals surface area contributed by atoms with Gasteiger partial charge in [0, 0.05) is 24.2 Å². The number of aromatic amines is 1. The third kappa shape index (κ3) is 4.52. The summed E-state index contributed by atoms with van der Waals surface area (Å²) in [6.45, 7) is 0.401. The first-order valence-electron chi connectivity index (χ1n) is 9.36. The summed E-state index contributed by atoms with van der Waals surface area (Å²) in [5, 5.41) is 5.58. The average molecular weight is 388 g/mol. The van der Waals surface area contributed by atoms with Crippen LogP contribution in [0, 0.1) is 0 Å². The number of carbonyl (C=O) groups is 2. The number of fused-ring (bicyclic) bond motifs is 1. The zero-order valence-electron chi connectivity index (χ0n) is 15.6. The Morgan fingerprint density at radius 2 is 1.83 bits per heavy atom. The number of furan rings is 1. The van der Waals surface area contributed by atoms with Gasteiger partial charge in [-0.1, -0.05) is 12.1 Å². The van der Waals surface area contributed by atoms with Gasteiger partial charge in [-0.15, -0.1) is 0 Å². The maximum atomic E-state index is 12.1. The highest BCUT2D eigenvalue weighted by Gasteiger charge is 2.09. The topological polar surface area (TPSA) is 100 Å². The molecule has 0 bridgehead atoms. The molecule has 0 unspecified atom stereocenters. The third-order valence-electron chi connectivity index (χ3n) is 4.44. The Morgan fingerprint density at radius 1 is 1.00 bits per heavy atom. The summed E-state index contributed by atoms with van der Waals surface area (Å²) < 4.78 is 5.01. The zero-order valence-corrected chi connectivity index (χ0v) is 15.6. The largest absolute Gasteiger partial charge is 0.459 e. The van der Waals surface area contributed by atoms with E-state index >= 15 is 0 Å². The lowest BCUT2D eigenvalue weighted by Crippen LogP contribution is -2.25. The van der Waals surface area contributed by atoms with Crippen LogP contribution in [0.4, 0.5) is 5.69 Å². The Hall–Kier alpha value is -3.87. The summed E-state index contributed by atoms with van der Waals surface area (Å²) in [6, 6.07) is 18.6. The van der Waals surface area contributed by atoms with Gasteiger partial charge in [-0.25, -0.2) is 4.98 Å². The number of hydrogen-bond donors (Lipinski definition) is 3. The molecule has 7 nitrogen and oxygen atoms in total. The molecule has 0 aliphatic heterocycles. The lowest BCUT2D eigenvalue weighted by molar-refractivity contribution is -0.116. The van der Waals surface area contributed by atoms with Crippen molar-refractivity contribution in [2.45, 2.75) is 12.8 Å². The first kappa shape index (κ1) is 18.5. The Balaban J connectivity index is 1.26. The fourth-order valence-electron chi connectivity index (χ4n) is 2.97. The van der Waals surface area contributed by atoms with Crippen molar-refractivity contribution in [2.24, 2.45) is 0 Å². The molecular weight excluding hydrogens is 368 g/mol. The molecule has 146 valence electrons. The van der Waals surface area contributed by atoms with Crippen LogP contribution in [0.15, 0.2) is 71.3 Å². The summed E-state index contributed by atoms with van der Waals surface area (Å²) >= 11 is 0. The molecule has 2 aromatic heterocycles. The minimum Gasteiger partial charge on any atom is -0.459 e. The van der Waals surface area contributed by atoms with Gasteiger partial charge in [0.2, 0.25) is 5.91 Å². The fraction of sp³-hybridized carbons (Fsp3) is 0.136.